The molecule has 6 nitrogen and oxygen atoms in total. The van der Waals surface area contributed by atoms with Gasteiger partial charge < -0.3 is 19.4 Å². The van der Waals surface area contributed by atoms with Gasteiger partial charge in [-0.25, -0.2) is 4.98 Å². The molecule has 0 radical (unpaired) electrons. The first-order valence-electron chi connectivity index (χ1n) is 9.20. The predicted octanol–water partition coefficient (Wildman–Crippen LogP) is 3.01. The lowest BCUT2D eigenvalue weighted by Gasteiger charge is -2.23. The van der Waals surface area contributed by atoms with Crippen molar-refractivity contribution in [2.75, 3.05) is 20.3 Å². The molecule has 1 unspecified atom stereocenters. The average molecular weight is 365 g/mol. The number of aromatic nitrogens is 2. The fourth-order valence-electron chi connectivity index (χ4n) is 3.52. The Kier molecular flexibility index (Phi) is 5.07. The van der Waals surface area contributed by atoms with Gasteiger partial charge in [-0.3, -0.25) is 4.79 Å². The van der Waals surface area contributed by atoms with Crippen LogP contribution in [0.15, 0.2) is 48.7 Å². The molecule has 1 aromatic carbocycles. The summed E-state index contributed by atoms with van der Waals surface area (Å²) in [6.45, 7) is 1.58. The highest BCUT2D eigenvalue weighted by molar-refractivity contribution is 5.87. The molecule has 1 N–H and O–H groups in total. The molecule has 0 spiro atoms. The number of rotatable bonds is 5. The summed E-state index contributed by atoms with van der Waals surface area (Å²) in [5.74, 6) is 0.776. The Hall–Kier alpha value is -2.86. The van der Waals surface area contributed by atoms with Crippen molar-refractivity contribution >= 4 is 16.9 Å². The molecule has 1 saturated heterocycles. The van der Waals surface area contributed by atoms with Crippen LogP contribution in [0.2, 0.25) is 0 Å². The largest absolute Gasteiger partial charge is 0.497 e. The number of hydrogen-bond donors (Lipinski definition) is 1. The van der Waals surface area contributed by atoms with E-state index in [-0.39, 0.29) is 18.5 Å². The smallest absolute Gasteiger partial charge is 0.240 e. The first kappa shape index (κ1) is 17.5. The maximum Gasteiger partial charge on any atom is 0.240 e. The molecule has 1 aliphatic heterocycles. The molecule has 4 rings (SSSR count). The second-order valence-electron chi connectivity index (χ2n) is 6.74. The number of amides is 1. The summed E-state index contributed by atoms with van der Waals surface area (Å²) in [5, 5.41) is 4.10. The van der Waals surface area contributed by atoms with Crippen molar-refractivity contribution < 1.29 is 14.3 Å². The quantitative estimate of drug-likeness (QED) is 0.755. The van der Waals surface area contributed by atoms with E-state index in [0.717, 1.165) is 47.5 Å². The standard InChI is InChI=1S/C21H23N3O3/c1-26-18-8-6-15(7-9-18)19-12-16-4-2-10-22-21(16)24(19)13-20(25)23-17-5-3-11-27-14-17/h2,4,6-10,12,17H,3,5,11,13-14H2,1H3,(H,23,25). The van der Waals surface area contributed by atoms with Crippen LogP contribution in [0.5, 0.6) is 5.75 Å². The summed E-state index contributed by atoms with van der Waals surface area (Å²) in [6, 6.07) is 13.9. The molecule has 3 aromatic rings. The Bertz CT molecular complexity index is 927. The van der Waals surface area contributed by atoms with E-state index in [0.29, 0.717) is 6.61 Å². The fraction of sp³-hybridized carbons (Fsp3) is 0.333. The Morgan fingerprint density at radius 3 is 2.93 bits per heavy atom. The van der Waals surface area contributed by atoms with E-state index in [2.05, 4.69) is 16.4 Å². The number of fused-ring (bicyclic) bond motifs is 1. The van der Waals surface area contributed by atoms with Gasteiger partial charge in [0.25, 0.3) is 0 Å². The highest BCUT2D eigenvalue weighted by atomic mass is 16.5. The zero-order valence-corrected chi connectivity index (χ0v) is 15.4. The number of hydrogen-bond acceptors (Lipinski definition) is 4. The van der Waals surface area contributed by atoms with E-state index in [1.807, 2.05) is 41.0 Å². The average Bonchev–Trinajstić information content (AvgIpc) is 3.07. The zero-order chi connectivity index (χ0) is 18.6. The van der Waals surface area contributed by atoms with E-state index in [1.54, 1.807) is 13.3 Å². The molecule has 0 bridgehead atoms. The van der Waals surface area contributed by atoms with Gasteiger partial charge in [-0.05, 0) is 60.9 Å². The summed E-state index contributed by atoms with van der Waals surface area (Å²) in [6.07, 6.45) is 3.70. The highest BCUT2D eigenvalue weighted by Gasteiger charge is 2.19. The Labute approximate surface area is 158 Å². The number of methoxy groups -OCH3 is 1. The molecular weight excluding hydrogens is 342 g/mol. The van der Waals surface area contributed by atoms with Crippen LogP contribution in [0, 0.1) is 0 Å². The fourth-order valence-corrected chi connectivity index (χ4v) is 3.52. The number of pyridine rings is 1. The van der Waals surface area contributed by atoms with Gasteiger partial charge in [-0.15, -0.1) is 0 Å². The van der Waals surface area contributed by atoms with Crippen molar-refractivity contribution in [3.05, 3.63) is 48.7 Å². The van der Waals surface area contributed by atoms with Crippen LogP contribution in [0.4, 0.5) is 0 Å². The number of carbonyl (C=O) groups excluding carboxylic acids is 1. The van der Waals surface area contributed by atoms with Gasteiger partial charge in [0.15, 0.2) is 0 Å². The van der Waals surface area contributed by atoms with Crippen LogP contribution in [0.1, 0.15) is 12.8 Å². The van der Waals surface area contributed by atoms with Gasteiger partial charge in [0.1, 0.15) is 17.9 Å². The van der Waals surface area contributed by atoms with Crippen LogP contribution in [-0.2, 0) is 16.1 Å². The predicted molar refractivity (Wildman–Crippen MR) is 104 cm³/mol. The van der Waals surface area contributed by atoms with Crippen molar-refractivity contribution in [3.8, 4) is 17.0 Å². The van der Waals surface area contributed by atoms with Gasteiger partial charge in [-0.1, -0.05) is 0 Å². The maximum absolute atomic E-state index is 12.7. The molecule has 1 fully saturated rings. The van der Waals surface area contributed by atoms with Crippen LogP contribution in [-0.4, -0.2) is 41.8 Å². The minimum absolute atomic E-state index is 0.0246. The van der Waals surface area contributed by atoms with Gasteiger partial charge in [-0.2, -0.15) is 0 Å². The number of nitrogens with one attached hydrogen (secondary N) is 1. The van der Waals surface area contributed by atoms with Crippen molar-refractivity contribution in [3.63, 3.8) is 0 Å². The lowest BCUT2D eigenvalue weighted by Crippen LogP contribution is -2.42. The number of nitrogens with zero attached hydrogens (tertiary/aromatic N) is 2. The minimum Gasteiger partial charge on any atom is -0.497 e. The molecule has 1 atom stereocenters. The molecule has 0 aliphatic carbocycles. The Balaban J connectivity index is 1.64. The normalized spacial score (nSPS) is 17.0. The number of carbonyl (C=O) groups is 1. The maximum atomic E-state index is 12.7. The van der Waals surface area contributed by atoms with Crippen molar-refractivity contribution in [1.82, 2.24) is 14.9 Å². The molecule has 1 aliphatic rings. The lowest BCUT2D eigenvalue weighted by molar-refractivity contribution is -0.123. The summed E-state index contributed by atoms with van der Waals surface area (Å²) in [7, 11) is 1.65. The third-order valence-electron chi connectivity index (χ3n) is 4.87. The summed E-state index contributed by atoms with van der Waals surface area (Å²) >= 11 is 0. The SMILES string of the molecule is COc1ccc(-c2cc3cccnc3n2CC(=O)NC2CCCOC2)cc1. The van der Waals surface area contributed by atoms with Gasteiger partial charge in [0.05, 0.1) is 25.5 Å². The molecule has 3 heterocycles. The van der Waals surface area contributed by atoms with Crippen LogP contribution < -0.4 is 10.1 Å². The number of benzene rings is 1. The second kappa shape index (κ2) is 7.80. The second-order valence-corrected chi connectivity index (χ2v) is 6.74. The van der Waals surface area contributed by atoms with E-state index in [1.165, 1.54) is 0 Å². The van der Waals surface area contributed by atoms with E-state index in [9.17, 15) is 4.79 Å². The first-order valence-corrected chi connectivity index (χ1v) is 9.20. The summed E-state index contributed by atoms with van der Waals surface area (Å²) in [5.41, 5.74) is 2.78. The lowest BCUT2D eigenvalue weighted by atomic mass is 10.1. The first-order chi connectivity index (χ1) is 13.2. The van der Waals surface area contributed by atoms with Crippen LogP contribution >= 0.6 is 0 Å². The van der Waals surface area contributed by atoms with Crippen molar-refractivity contribution in [2.45, 2.75) is 25.4 Å². The van der Waals surface area contributed by atoms with Crippen LogP contribution in [0.25, 0.3) is 22.3 Å². The van der Waals surface area contributed by atoms with E-state index < -0.39 is 0 Å². The van der Waals surface area contributed by atoms with E-state index in [4.69, 9.17) is 9.47 Å². The molecule has 140 valence electrons. The van der Waals surface area contributed by atoms with Crippen molar-refractivity contribution in [1.29, 1.82) is 0 Å². The zero-order valence-electron chi connectivity index (χ0n) is 15.4. The number of ether oxygens (including phenoxy) is 2. The van der Waals surface area contributed by atoms with Gasteiger partial charge in [0.2, 0.25) is 5.91 Å². The summed E-state index contributed by atoms with van der Waals surface area (Å²) < 4.78 is 12.7. The van der Waals surface area contributed by atoms with Crippen LogP contribution in [0.3, 0.4) is 0 Å². The topological polar surface area (TPSA) is 65.4 Å². The van der Waals surface area contributed by atoms with Gasteiger partial charge >= 0.3 is 0 Å². The molecule has 2 aromatic heterocycles. The molecule has 6 heteroatoms. The monoisotopic (exact) mass is 365 g/mol. The van der Waals surface area contributed by atoms with Gasteiger partial charge in [0, 0.05) is 18.2 Å². The summed E-state index contributed by atoms with van der Waals surface area (Å²) in [4.78, 5) is 17.2. The minimum atomic E-state index is -0.0246. The van der Waals surface area contributed by atoms with E-state index >= 15 is 0 Å². The molecule has 0 saturated carbocycles. The molecule has 1 amide bonds. The van der Waals surface area contributed by atoms with Crippen molar-refractivity contribution in [2.24, 2.45) is 0 Å². The third kappa shape index (κ3) is 3.80. The third-order valence-corrected chi connectivity index (χ3v) is 4.87. The highest BCUT2D eigenvalue weighted by Crippen LogP contribution is 2.28. The molecule has 27 heavy (non-hydrogen) atoms. The molecular formula is C21H23N3O3. The Morgan fingerprint density at radius 2 is 2.19 bits per heavy atom. The Morgan fingerprint density at radius 1 is 1.33 bits per heavy atom.